The molecule has 2 aromatic heterocycles. The Bertz CT molecular complexity index is 971. The molecule has 2 heterocycles. The van der Waals surface area contributed by atoms with Crippen LogP contribution in [0.5, 0.6) is 0 Å². The van der Waals surface area contributed by atoms with Crippen LogP contribution in [-0.4, -0.2) is 19.9 Å². The summed E-state index contributed by atoms with van der Waals surface area (Å²) in [6.45, 7) is 0. The molecule has 0 saturated carbocycles. The molecule has 0 fully saturated rings. The number of aromatic amines is 1. The number of H-pyrrole nitrogens is 1. The molecular formula is C19H14N4. The van der Waals surface area contributed by atoms with Crippen molar-refractivity contribution in [1.82, 2.24) is 19.9 Å². The summed E-state index contributed by atoms with van der Waals surface area (Å²) in [6, 6.07) is 18.0. The lowest BCUT2D eigenvalue weighted by Gasteiger charge is -1.97. The first kappa shape index (κ1) is 13.4. The van der Waals surface area contributed by atoms with Gasteiger partial charge in [-0.3, -0.25) is 4.98 Å². The zero-order chi connectivity index (χ0) is 15.5. The Morgan fingerprint density at radius 1 is 0.739 bits per heavy atom. The predicted molar refractivity (Wildman–Crippen MR) is 92.5 cm³/mol. The van der Waals surface area contributed by atoms with Crippen LogP contribution < -0.4 is 0 Å². The molecule has 0 aliphatic carbocycles. The van der Waals surface area contributed by atoms with Crippen molar-refractivity contribution in [3.63, 3.8) is 0 Å². The number of benzene rings is 2. The zero-order valence-corrected chi connectivity index (χ0v) is 12.3. The van der Waals surface area contributed by atoms with Crippen LogP contribution in [0.1, 0.15) is 11.5 Å². The van der Waals surface area contributed by atoms with Gasteiger partial charge in [-0.05, 0) is 29.8 Å². The van der Waals surface area contributed by atoms with E-state index < -0.39 is 0 Å². The fraction of sp³-hybridized carbons (Fsp3) is 0. The largest absolute Gasteiger partial charge is 0.338 e. The molecular weight excluding hydrogens is 284 g/mol. The maximum Gasteiger partial charge on any atom is 0.130 e. The van der Waals surface area contributed by atoms with Gasteiger partial charge in [-0.15, -0.1) is 0 Å². The lowest BCUT2D eigenvalue weighted by atomic mass is 10.2. The minimum absolute atomic E-state index is 0.791. The van der Waals surface area contributed by atoms with E-state index in [1.807, 2.05) is 60.8 Å². The van der Waals surface area contributed by atoms with Crippen LogP contribution >= 0.6 is 0 Å². The van der Waals surface area contributed by atoms with Crippen LogP contribution in [0.2, 0.25) is 0 Å². The van der Waals surface area contributed by atoms with Crippen molar-refractivity contribution in [2.24, 2.45) is 0 Å². The first-order chi connectivity index (χ1) is 11.4. The second-order valence-corrected chi connectivity index (χ2v) is 5.17. The molecule has 0 aliphatic heterocycles. The molecule has 0 radical (unpaired) electrons. The number of aromatic nitrogens is 4. The van der Waals surface area contributed by atoms with Gasteiger partial charge in [0, 0.05) is 0 Å². The van der Waals surface area contributed by atoms with Crippen LogP contribution in [0, 0.1) is 0 Å². The van der Waals surface area contributed by atoms with E-state index in [1.165, 1.54) is 0 Å². The summed E-state index contributed by atoms with van der Waals surface area (Å²) < 4.78 is 0. The fourth-order valence-electron chi connectivity index (χ4n) is 2.40. The molecule has 110 valence electrons. The van der Waals surface area contributed by atoms with Crippen LogP contribution in [0.25, 0.3) is 34.4 Å². The number of fused-ring (bicyclic) bond motifs is 1. The highest BCUT2D eigenvalue weighted by atomic mass is 14.9. The van der Waals surface area contributed by atoms with Crippen LogP contribution in [0.3, 0.4) is 0 Å². The predicted octanol–water partition coefficient (Wildman–Crippen LogP) is 4.19. The van der Waals surface area contributed by atoms with Gasteiger partial charge in [-0.25, -0.2) is 9.97 Å². The Morgan fingerprint density at radius 2 is 1.52 bits per heavy atom. The monoisotopic (exact) mass is 298 g/mol. The van der Waals surface area contributed by atoms with E-state index in [4.69, 9.17) is 0 Å². The third-order valence-corrected chi connectivity index (χ3v) is 3.56. The number of imidazole rings is 1. The lowest BCUT2D eigenvalue weighted by molar-refractivity contribution is 1.25. The minimum atomic E-state index is 0.791. The average molecular weight is 298 g/mol. The Labute approximate surface area is 133 Å². The second-order valence-electron chi connectivity index (χ2n) is 5.17. The molecule has 0 bridgehead atoms. The summed E-state index contributed by atoms with van der Waals surface area (Å²) in [5, 5.41) is 0. The van der Waals surface area contributed by atoms with Gasteiger partial charge in [-0.1, -0.05) is 42.5 Å². The van der Waals surface area contributed by atoms with Gasteiger partial charge in [0.2, 0.25) is 0 Å². The maximum absolute atomic E-state index is 4.56. The molecule has 4 rings (SSSR count). The quantitative estimate of drug-likeness (QED) is 0.617. The molecule has 0 spiro atoms. The van der Waals surface area contributed by atoms with Crippen LogP contribution in [0.4, 0.5) is 0 Å². The first-order valence-corrected chi connectivity index (χ1v) is 7.39. The van der Waals surface area contributed by atoms with Gasteiger partial charge in [0.05, 0.1) is 34.8 Å². The first-order valence-electron chi connectivity index (χ1n) is 7.39. The van der Waals surface area contributed by atoms with E-state index in [-0.39, 0.29) is 0 Å². The van der Waals surface area contributed by atoms with Gasteiger partial charge in [0.25, 0.3) is 0 Å². The summed E-state index contributed by atoms with van der Waals surface area (Å²) in [4.78, 5) is 16.6. The summed E-state index contributed by atoms with van der Waals surface area (Å²) in [5.41, 5.74) is 4.70. The van der Waals surface area contributed by atoms with Crippen molar-refractivity contribution in [2.75, 3.05) is 0 Å². The van der Waals surface area contributed by atoms with E-state index in [1.54, 1.807) is 6.20 Å². The fourth-order valence-corrected chi connectivity index (χ4v) is 2.40. The van der Waals surface area contributed by atoms with Gasteiger partial charge in [0.15, 0.2) is 0 Å². The van der Waals surface area contributed by atoms with E-state index in [9.17, 15) is 0 Å². The van der Waals surface area contributed by atoms with E-state index >= 15 is 0 Å². The normalized spacial score (nSPS) is 11.3. The Balaban J connectivity index is 1.59. The van der Waals surface area contributed by atoms with Crippen molar-refractivity contribution in [2.45, 2.75) is 0 Å². The number of nitrogens with one attached hydrogen (secondary N) is 1. The van der Waals surface area contributed by atoms with Crippen molar-refractivity contribution in [3.8, 4) is 11.3 Å². The molecule has 0 saturated heterocycles. The summed E-state index contributed by atoms with van der Waals surface area (Å²) >= 11 is 0. The van der Waals surface area contributed by atoms with Crippen LogP contribution in [-0.2, 0) is 0 Å². The molecule has 0 aliphatic rings. The second kappa shape index (κ2) is 5.85. The molecule has 23 heavy (non-hydrogen) atoms. The van der Waals surface area contributed by atoms with Crippen molar-refractivity contribution in [3.05, 3.63) is 78.5 Å². The molecule has 0 amide bonds. The van der Waals surface area contributed by atoms with Crippen molar-refractivity contribution >= 4 is 23.2 Å². The summed E-state index contributed by atoms with van der Waals surface area (Å²) in [6.07, 6.45) is 7.42. The zero-order valence-electron chi connectivity index (χ0n) is 12.3. The molecule has 4 aromatic rings. The Morgan fingerprint density at radius 3 is 2.39 bits per heavy atom. The number of hydrogen-bond donors (Lipinski definition) is 1. The topological polar surface area (TPSA) is 54.5 Å². The van der Waals surface area contributed by atoms with E-state index in [2.05, 4.69) is 32.1 Å². The minimum Gasteiger partial charge on any atom is -0.338 e. The van der Waals surface area contributed by atoms with Crippen molar-refractivity contribution < 1.29 is 0 Å². The molecule has 4 heteroatoms. The highest BCUT2D eigenvalue weighted by molar-refractivity contribution is 5.76. The average Bonchev–Trinajstić information content (AvgIpc) is 3.10. The summed E-state index contributed by atoms with van der Waals surface area (Å²) in [7, 11) is 0. The third kappa shape index (κ3) is 2.87. The molecule has 4 nitrogen and oxygen atoms in total. The molecule has 2 aromatic carbocycles. The maximum atomic E-state index is 4.56. The lowest BCUT2D eigenvalue weighted by Crippen LogP contribution is -1.86. The smallest absolute Gasteiger partial charge is 0.130 e. The molecule has 1 N–H and O–H groups in total. The number of rotatable bonds is 3. The van der Waals surface area contributed by atoms with Gasteiger partial charge in [-0.2, -0.15) is 0 Å². The number of nitrogens with zero attached hydrogens (tertiary/aromatic N) is 3. The highest BCUT2D eigenvalue weighted by Crippen LogP contribution is 2.17. The number of para-hydroxylation sites is 2. The van der Waals surface area contributed by atoms with Gasteiger partial charge < -0.3 is 4.98 Å². The van der Waals surface area contributed by atoms with Gasteiger partial charge >= 0.3 is 0 Å². The summed E-state index contributed by atoms with van der Waals surface area (Å²) in [5.74, 6) is 0.791. The van der Waals surface area contributed by atoms with Crippen molar-refractivity contribution in [1.29, 1.82) is 0 Å². The Kier molecular flexibility index (Phi) is 3.41. The third-order valence-electron chi connectivity index (χ3n) is 3.56. The van der Waals surface area contributed by atoms with Crippen LogP contribution in [0.15, 0.2) is 67.0 Å². The van der Waals surface area contributed by atoms with E-state index in [0.717, 1.165) is 33.8 Å². The molecule has 0 unspecified atom stereocenters. The standard InChI is InChI=1S/C19H14N4/c1-2-6-14(7-3-1)18-13-21-19(23-18)11-10-15-12-20-16-8-4-5-9-17(16)22-15/h1-13H,(H,21,23). The SMILES string of the molecule is C(=Cc1ncc(-c2ccccc2)[nH]1)c1cnc2ccccc2n1. The van der Waals surface area contributed by atoms with E-state index in [0.29, 0.717) is 0 Å². The highest BCUT2D eigenvalue weighted by Gasteiger charge is 2.01. The molecule has 0 atom stereocenters. The Hall–Kier alpha value is -3.27. The van der Waals surface area contributed by atoms with Gasteiger partial charge in [0.1, 0.15) is 5.82 Å². The number of hydrogen-bond acceptors (Lipinski definition) is 3.